The van der Waals surface area contributed by atoms with Crippen LogP contribution in [0.25, 0.3) is 0 Å². The summed E-state index contributed by atoms with van der Waals surface area (Å²) in [4.78, 5) is 0. The summed E-state index contributed by atoms with van der Waals surface area (Å²) in [5.74, 6) is 0. The number of rotatable bonds is 2. The first-order chi connectivity index (χ1) is 7.96. The second-order valence-corrected chi connectivity index (χ2v) is 7.63. The Labute approximate surface area is 113 Å². The zero-order valence-corrected chi connectivity index (χ0v) is 12.4. The van der Waals surface area contributed by atoms with Crippen LogP contribution in [0.3, 0.4) is 0 Å². The van der Waals surface area contributed by atoms with E-state index in [9.17, 15) is 0 Å². The first-order valence-corrected chi connectivity index (χ1v) is 7.53. The first kappa shape index (κ1) is 13.1. The van der Waals surface area contributed by atoms with E-state index >= 15 is 0 Å². The maximum atomic E-state index is 3.47. The molecule has 0 saturated carbocycles. The molecule has 2 aliphatic rings. The van der Waals surface area contributed by atoms with Crippen LogP contribution in [-0.4, -0.2) is 10.8 Å². The van der Waals surface area contributed by atoms with E-state index in [2.05, 4.69) is 62.8 Å². The molecular weight excluding hydrogens is 246 g/mol. The molecule has 0 fully saturated rings. The average Bonchev–Trinajstić information content (AvgIpc) is 2.26. The largest absolute Gasteiger partial charge is 0.254 e. The van der Waals surface area contributed by atoms with Crippen LogP contribution in [0.5, 0.6) is 0 Å². The zero-order valence-electron chi connectivity index (χ0n) is 10.8. The minimum Gasteiger partial charge on any atom is -0.254 e. The van der Waals surface area contributed by atoms with Gasteiger partial charge < -0.3 is 0 Å². The van der Waals surface area contributed by atoms with Gasteiger partial charge in [-0.1, -0.05) is 24.3 Å². The van der Waals surface area contributed by atoms with E-state index in [0.717, 1.165) is 0 Å². The number of hydrogen-bond donors (Lipinski definition) is 1. The Morgan fingerprint density at radius 1 is 1.29 bits per heavy atom. The van der Waals surface area contributed by atoms with Crippen LogP contribution >= 0.6 is 23.7 Å². The highest BCUT2D eigenvalue weighted by Crippen LogP contribution is 2.42. The Morgan fingerprint density at radius 2 is 2.06 bits per heavy atom. The van der Waals surface area contributed by atoms with Gasteiger partial charge in [-0.05, 0) is 56.9 Å². The summed E-state index contributed by atoms with van der Waals surface area (Å²) in [6.07, 6.45) is 11.0. The van der Waals surface area contributed by atoms with Crippen molar-refractivity contribution in [1.82, 2.24) is 4.72 Å². The van der Waals surface area contributed by atoms with Crippen LogP contribution in [0, 0.1) is 0 Å². The molecule has 0 amide bonds. The van der Waals surface area contributed by atoms with Gasteiger partial charge in [0.05, 0.1) is 9.49 Å². The van der Waals surface area contributed by atoms with E-state index in [0.29, 0.717) is 5.25 Å². The summed E-state index contributed by atoms with van der Waals surface area (Å²) in [6.45, 7) is 8.76. The van der Waals surface area contributed by atoms with Crippen LogP contribution in [0.15, 0.2) is 45.8 Å². The normalized spacial score (nSPS) is 23.8. The van der Waals surface area contributed by atoms with Gasteiger partial charge in [0.25, 0.3) is 0 Å². The standard InChI is InChI=1S/C14H19NS2/c1-10-9-13(17-15-14(2,3)4)16-12-8-6-5-7-11(10)12/h5-9,12,15H,1-4H3. The number of thioether (sulfide) groups is 1. The first-order valence-electron chi connectivity index (χ1n) is 5.84. The quantitative estimate of drug-likeness (QED) is 0.742. The van der Waals surface area contributed by atoms with Crippen molar-refractivity contribution in [1.29, 1.82) is 0 Å². The van der Waals surface area contributed by atoms with Gasteiger partial charge in [-0.15, -0.1) is 11.8 Å². The molecule has 0 aromatic rings. The molecule has 0 bridgehead atoms. The predicted octanol–water partition coefficient (Wildman–Crippen LogP) is 4.42. The van der Waals surface area contributed by atoms with E-state index in [-0.39, 0.29) is 5.54 Å². The second-order valence-electron chi connectivity index (χ2n) is 5.34. The second kappa shape index (κ2) is 5.09. The van der Waals surface area contributed by atoms with Gasteiger partial charge in [0.1, 0.15) is 0 Å². The fraction of sp³-hybridized carbons (Fsp3) is 0.429. The lowest BCUT2D eigenvalue weighted by Gasteiger charge is -2.26. The smallest absolute Gasteiger partial charge is 0.0568 e. The fourth-order valence-electron chi connectivity index (χ4n) is 1.66. The van der Waals surface area contributed by atoms with E-state index in [1.807, 2.05) is 11.8 Å². The van der Waals surface area contributed by atoms with Crippen LogP contribution in [0.1, 0.15) is 27.7 Å². The molecule has 1 heterocycles. The van der Waals surface area contributed by atoms with Gasteiger partial charge in [0.2, 0.25) is 0 Å². The lowest BCUT2D eigenvalue weighted by molar-refractivity contribution is 0.536. The van der Waals surface area contributed by atoms with Crippen LogP contribution in [-0.2, 0) is 0 Å². The molecule has 2 rings (SSSR count). The highest BCUT2D eigenvalue weighted by atomic mass is 32.2. The van der Waals surface area contributed by atoms with E-state index < -0.39 is 0 Å². The lowest BCUT2D eigenvalue weighted by Crippen LogP contribution is -2.30. The maximum Gasteiger partial charge on any atom is 0.0568 e. The van der Waals surface area contributed by atoms with Crippen molar-refractivity contribution in [2.24, 2.45) is 0 Å². The zero-order chi connectivity index (χ0) is 12.5. The molecule has 0 spiro atoms. The van der Waals surface area contributed by atoms with Gasteiger partial charge in [-0.3, -0.25) is 4.72 Å². The summed E-state index contributed by atoms with van der Waals surface area (Å²) in [7, 11) is 0. The molecule has 1 N–H and O–H groups in total. The molecule has 0 saturated heterocycles. The van der Waals surface area contributed by atoms with E-state index in [4.69, 9.17) is 0 Å². The lowest BCUT2D eigenvalue weighted by atomic mass is 10.0. The van der Waals surface area contributed by atoms with Crippen molar-refractivity contribution in [2.45, 2.75) is 38.5 Å². The van der Waals surface area contributed by atoms with Crippen LogP contribution in [0.4, 0.5) is 0 Å². The maximum absolute atomic E-state index is 3.47. The highest BCUT2D eigenvalue weighted by Gasteiger charge is 2.22. The Kier molecular flexibility index (Phi) is 3.91. The Bertz CT molecular complexity index is 422. The van der Waals surface area contributed by atoms with Crippen molar-refractivity contribution >= 4 is 23.7 Å². The molecule has 1 unspecified atom stereocenters. The predicted molar refractivity (Wildman–Crippen MR) is 80.9 cm³/mol. The van der Waals surface area contributed by atoms with Crippen molar-refractivity contribution in [3.8, 4) is 0 Å². The van der Waals surface area contributed by atoms with Crippen LogP contribution < -0.4 is 4.72 Å². The molecular formula is C14H19NS2. The Morgan fingerprint density at radius 3 is 2.76 bits per heavy atom. The summed E-state index contributed by atoms with van der Waals surface area (Å²) in [6, 6.07) is 0. The molecule has 17 heavy (non-hydrogen) atoms. The minimum atomic E-state index is 0.145. The van der Waals surface area contributed by atoms with Crippen molar-refractivity contribution in [2.75, 3.05) is 0 Å². The van der Waals surface area contributed by atoms with Gasteiger partial charge in [0.15, 0.2) is 0 Å². The van der Waals surface area contributed by atoms with Gasteiger partial charge in [-0.25, -0.2) is 0 Å². The topological polar surface area (TPSA) is 12.0 Å². The molecule has 92 valence electrons. The third kappa shape index (κ3) is 3.54. The van der Waals surface area contributed by atoms with Crippen molar-refractivity contribution in [3.63, 3.8) is 0 Å². The summed E-state index contributed by atoms with van der Waals surface area (Å²) < 4.78 is 4.82. The summed E-state index contributed by atoms with van der Waals surface area (Å²) in [5, 5.41) is 0.495. The SMILES string of the molecule is CC1=C2C=CC=CC2SC(SNC(C)(C)C)=C1. The monoisotopic (exact) mass is 265 g/mol. The highest BCUT2D eigenvalue weighted by molar-refractivity contribution is 8.21. The summed E-state index contributed by atoms with van der Waals surface area (Å²) >= 11 is 3.67. The van der Waals surface area contributed by atoms with E-state index in [1.165, 1.54) is 15.4 Å². The van der Waals surface area contributed by atoms with Gasteiger partial charge in [0, 0.05) is 5.54 Å². The summed E-state index contributed by atoms with van der Waals surface area (Å²) in [5.41, 5.74) is 2.97. The molecule has 0 aromatic heterocycles. The van der Waals surface area contributed by atoms with Crippen LogP contribution in [0.2, 0.25) is 0 Å². The molecule has 0 aromatic carbocycles. The molecule has 1 aliphatic carbocycles. The molecule has 3 heteroatoms. The molecule has 1 atom stereocenters. The van der Waals surface area contributed by atoms with Gasteiger partial charge >= 0.3 is 0 Å². The van der Waals surface area contributed by atoms with E-state index in [1.54, 1.807) is 11.9 Å². The average molecular weight is 265 g/mol. The molecule has 1 nitrogen and oxygen atoms in total. The Hall–Kier alpha value is -0.380. The van der Waals surface area contributed by atoms with Crippen molar-refractivity contribution < 1.29 is 0 Å². The van der Waals surface area contributed by atoms with Crippen molar-refractivity contribution in [3.05, 3.63) is 45.8 Å². The fourth-order valence-corrected chi connectivity index (χ4v) is 3.98. The number of nitrogens with one attached hydrogen (secondary N) is 1. The molecule has 0 radical (unpaired) electrons. The third-order valence-electron chi connectivity index (χ3n) is 2.47. The third-order valence-corrected chi connectivity index (χ3v) is 5.06. The number of hydrogen-bond acceptors (Lipinski definition) is 3. The number of fused-ring (bicyclic) bond motifs is 1. The minimum absolute atomic E-state index is 0.145. The molecule has 1 aliphatic heterocycles. The number of allylic oxidation sites excluding steroid dienone is 5. The Balaban J connectivity index is 2.09. The van der Waals surface area contributed by atoms with Gasteiger partial charge in [-0.2, -0.15) is 0 Å².